The van der Waals surface area contributed by atoms with Crippen molar-refractivity contribution in [1.82, 2.24) is 15.2 Å². The smallest absolute Gasteiger partial charge is 0.319 e. The molecule has 0 unspecified atom stereocenters. The maximum absolute atomic E-state index is 12.2. The molecule has 0 atom stereocenters. The van der Waals surface area contributed by atoms with Crippen molar-refractivity contribution in [3.05, 3.63) is 84.2 Å². The van der Waals surface area contributed by atoms with Crippen molar-refractivity contribution in [2.45, 2.75) is 6.54 Å². The largest absolute Gasteiger partial charge is 0.379 e. The van der Waals surface area contributed by atoms with E-state index in [9.17, 15) is 4.79 Å². The normalized spacial score (nSPS) is 13.3. The summed E-state index contributed by atoms with van der Waals surface area (Å²) in [5.74, 6) is 6.09. The molecule has 1 fully saturated rings. The van der Waals surface area contributed by atoms with E-state index < -0.39 is 0 Å². The molecule has 8 heteroatoms. The maximum Gasteiger partial charge on any atom is 0.319 e. The summed E-state index contributed by atoms with van der Waals surface area (Å²) in [6, 6.07) is 18.5. The van der Waals surface area contributed by atoms with Crippen molar-refractivity contribution < 1.29 is 9.53 Å². The second kappa shape index (κ2) is 12.3. The van der Waals surface area contributed by atoms with E-state index >= 15 is 0 Å². The van der Waals surface area contributed by atoms with Crippen LogP contribution in [0.1, 0.15) is 11.1 Å². The summed E-state index contributed by atoms with van der Waals surface area (Å²) in [4.78, 5) is 18.4. The summed E-state index contributed by atoms with van der Waals surface area (Å²) in [6.45, 7) is 4.24. The van der Waals surface area contributed by atoms with Gasteiger partial charge in [-0.15, -0.1) is 0 Å². The molecule has 4 rings (SSSR count). The molecule has 4 N–H and O–H groups in total. The van der Waals surface area contributed by atoms with E-state index in [0.29, 0.717) is 18.8 Å². The van der Waals surface area contributed by atoms with Crippen molar-refractivity contribution in [2.75, 3.05) is 43.5 Å². The lowest BCUT2D eigenvalue weighted by atomic mass is 10.1. The zero-order valence-corrected chi connectivity index (χ0v) is 19.4. The number of hydrogen-bond acceptors (Lipinski definition) is 6. The third-order valence-electron chi connectivity index (χ3n) is 5.41. The summed E-state index contributed by atoms with van der Waals surface area (Å²) in [5.41, 5.74) is 4.25. The van der Waals surface area contributed by atoms with Crippen LogP contribution in [0.25, 0.3) is 0 Å². The highest BCUT2D eigenvalue weighted by Gasteiger charge is 2.09. The quantitative estimate of drug-likeness (QED) is 0.312. The molecule has 1 aliphatic rings. The highest BCUT2D eigenvalue weighted by Crippen LogP contribution is 2.22. The number of urea groups is 1. The number of carbonyl (C=O) groups is 1. The number of morpholine rings is 1. The Morgan fingerprint density at radius 2 is 1.80 bits per heavy atom. The molecule has 1 aliphatic heterocycles. The zero-order valence-electron chi connectivity index (χ0n) is 19.4. The summed E-state index contributed by atoms with van der Waals surface area (Å²) >= 11 is 0. The van der Waals surface area contributed by atoms with Crippen LogP contribution < -0.4 is 16.0 Å². The first-order valence-corrected chi connectivity index (χ1v) is 11.4. The van der Waals surface area contributed by atoms with Crippen LogP contribution in [0.15, 0.2) is 73.1 Å². The number of benzene rings is 2. The van der Waals surface area contributed by atoms with Gasteiger partial charge in [0.25, 0.3) is 0 Å². The van der Waals surface area contributed by atoms with Crippen molar-refractivity contribution >= 4 is 28.8 Å². The molecule has 0 aliphatic carbocycles. The topological polar surface area (TPSA) is 102 Å². The van der Waals surface area contributed by atoms with Crippen LogP contribution in [0.3, 0.4) is 0 Å². The van der Waals surface area contributed by atoms with Gasteiger partial charge in [0.2, 0.25) is 0 Å². The van der Waals surface area contributed by atoms with Crippen LogP contribution in [-0.2, 0) is 11.3 Å². The van der Waals surface area contributed by atoms with Crippen molar-refractivity contribution in [3.63, 3.8) is 0 Å². The first-order chi connectivity index (χ1) is 17.2. The second-order valence-corrected chi connectivity index (χ2v) is 7.98. The van der Waals surface area contributed by atoms with Gasteiger partial charge in [-0.1, -0.05) is 30.2 Å². The second-order valence-electron chi connectivity index (χ2n) is 7.98. The van der Waals surface area contributed by atoms with Crippen LogP contribution in [0.5, 0.6) is 0 Å². The lowest BCUT2D eigenvalue weighted by Gasteiger charge is -2.24. The van der Waals surface area contributed by atoms with Crippen molar-refractivity contribution in [1.29, 1.82) is 5.41 Å². The summed E-state index contributed by atoms with van der Waals surface area (Å²) in [7, 11) is 0. The molecule has 2 heterocycles. The molecular weight excluding hydrogens is 440 g/mol. The fourth-order valence-corrected chi connectivity index (χ4v) is 3.53. The molecule has 1 saturated heterocycles. The Bertz CT molecular complexity index is 1200. The van der Waals surface area contributed by atoms with Crippen LogP contribution in [0, 0.1) is 17.3 Å². The minimum absolute atomic E-state index is 0.268. The highest BCUT2D eigenvalue weighted by molar-refractivity contribution is 6.14. The number of rotatable bonds is 7. The third kappa shape index (κ3) is 7.40. The Kier molecular flexibility index (Phi) is 8.43. The summed E-state index contributed by atoms with van der Waals surface area (Å²) in [5, 5.41) is 17.4. The van der Waals surface area contributed by atoms with Gasteiger partial charge in [-0.05, 0) is 47.9 Å². The van der Waals surface area contributed by atoms with Gasteiger partial charge in [0.05, 0.1) is 19.8 Å². The lowest BCUT2D eigenvalue weighted by Crippen LogP contribution is -2.36. The van der Waals surface area contributed by atoms with Gasteiger partial charge in [0, 0.05) is 54.7 Å². The van der Waals surface area contributed by atoms with Crippen LogP contribution >= 0.6 is 0 Å². The Hall–Kier alpha value is -4.19. The third-order valence-corrected chi connectivity index (χ3v) is 5.41. The Balaban J connectivity index is 1.32. The lowest BCUT2D eigenvalue weighted by molar-refractivity contribution is 0.0443. The van der Waals surface area contributed by atoms with Crippen molar-refractivity contribution in [3.8, 4) is 11.8 Å². The van der Waals surface area contributed by atoms with Gasteiger partial charge >= 0.3 is 6.03 Å². The monoisotopic (exact) mass is 468 g/mol. The Morgan fingerprint density at radius 1 is 1.03 bits per heavy atom. The summed E-state index contributed by atoms with van der Waals surface area (Å²) < 4.78 is 5.36. The van der Waals surface area contributed by atoms with Crippen LogP contribution in [-0.4, -0.2) is 54.5 Å². The van der Waals surface area contributed by atoms with E-state index in [1.165, 1.54) is 0 Å². The molecule has 3 aromatic rings. The average Bonchev–Trinajstić information content (AvgIpc) is 2.90. The first-order valence-electron chi connectivity index (χ1n) is 11.4. The maximum atomic E-state index is 12.2. The molecule has 2 amide bonds. The highest BCUT2D eigenvalue weighted by atomic mass is 16.5. The molecule has 0 bridgehead atoms. The molecule has 0 saturated carbocycles. The van der Waals surface area contributed by atoms with Gasteiger partial charge in [-0.25, -0.2) is 4.79 Å². The van der Waals surface area contributed by atoms with Crippen LogP contribution in [0.4, 0.5) is 21.9 Å². The minimum Gasteiger partial charge on any atom is -0.379 e. The Morgan fingerprint density at radius 3 is 2.57 bits per heavy atom. The van der Waals surface area contributed by atoms with E-state index in [1.54, 1.807) is 12.4 Å². The van der Waals surface area contributed by atoms with E-state index in [4.69, 9.17) is 10.1 Å². The van der Waals surface area contributed by atoms with Gasteiger partial charge in [-0.2, -0.15) is 0 Å². The predicted molar refractivity (Wildman–Crippen MR) is 138 cm³/mol. The number of ether oxygens (including phenoxy) is 1. The van der Waals surface area contributed by atoms with Gasteiger partial charge in [-0.3, -0.25) is 15.3 Å². The number of nitrogens with one attached hydrogen (secondary N) is 4. The molecule has 178 valence electrons. The number of anilines is 3. The van der Waals surface area contributed by atoms with E-state index in [0.717, 1.165) is 48.8 Å². The standard InChI is InChI=1S/C27H28N6O2/c28-25(7-4-14-33-15-17-35-18-16-33)24-6-1-2-8-26(24)31-22-9-11-23(12-10-22)32-27(34)30-20-21-5-3-13-29-19-21/h1-3,5-6,8-13,19,28,31H,14-18,20H2,(H2,30,32,34). The summed E-state index contributed by atoms with van der Waals surface area (Å²) in [6.07, 6.45) is 3.41. The van der Waals surface area contributed by atoms with Gasteiger partial charge in [0.15, 0.2) is 0 Å². The molecule has 2 aromatic carbocycles. The van der Waals surface area contributed by atoms with Crippen molar-refractivity contribution in [2.24, 2.45) is 0 Å². The average molecular weight is 469 g/mol. The number of para-hydroxylation sites is 1. The first kappa shape index (κ1) is 24.0. The van der Waals surface area contributed by atoms with Gasteiger partial charge in [0.1, 0.15) is 5.71 Å². The molecule has 0 radical (unpaired) electrons. The predicted octanol–water partition coefficient (Wildman–Crippen LogP) is 3.85. The Labute approximate surface area is 205 Å². The number of hydrogen-bond donors (Lipinski definition) is 4. The molecule has 35 heavy (non-hydrogen) atoms. The number of nitrogens with zero attached hydrogens (tertiary/aromatic N) is 2. The fraction of sp³-hybridized carbons (Fsp3) is 0.222. The number of amides is 2. The molecule has 0 spiro atoms. The molecule has 1 aromatic heterocycles. The number of pyridine rings is 1. The van der Waals surface area contributed by atoms with Crippen LogP contribution in [0.2, 0.25) is 0 Å². The van der Waals surface area contributed by atoms with E-state index in [2.05, 4.69) is 37.7 Å². The van der Waals surface area contributed by atoms with Gasteiger partial charge < -0.3 is 20.7 Å². The number of carbonyl (C=O) groups excluding carboxylic acids is 1. The fourth-order valence-electron chi connectivity index (χ4n) is 3.53. The van der Waals surface area contributed by atoms with E-state index in [1.807, 2.05) is 60.7 Å². The minimum atomic E-state index is -0.288. The molecular formula is C27H28N6O2. The number of aromatic nitrogens is 1. The van der Waals surface area contributed by atoms with E-state index in [-0.39, 0.29) is 11.7 Å². The molecule has 8 nitrogen and oxygen atoms in total. The zero-order chi connectivity index (χ0) is 24.3. The SMILES string of the molecule is N=C(C#CCN1CCOCC1)c1ccccc1Nc1ccc(NC(=O)NCc2cccnc2)cc1.